The Morgan fingerprint density at radius 3 is 2.90 bits per heavy atom. The van der Waals surface area contributed by atoms with Crippen molar-refractivity contribution in [2.75, 3.05) is 6.54 Å². The summed E-state index contributed by atoms with van der Waals surface area (Å²) in [5.74, 6) is 0.0997. The summed E-state index contributed by atoms with van der Waals surface area (Å²) in [6.45, 7) is 5.42. The molecule has 1 unspecified atom stereocenters. The van der Waals surface area contributed by atoms with Crippen LogP contribution in [0.3, 0.4) is 0 Å². The number of hydrogen-bond donors (Lipinski definition) is 2. The van der Waals surface area contributed by atoms with Gasteiger partial charge in [-0.2, -0.15) is 5.10 Å². The zero-order chi connectivity index (χ0) is 15.2. The van der Waals surface area contributed by atoms with Crippen molar-refractivity contribution >= 4 is 16.8 Å². The zero-order valence-corrected chi connectivity index (χ0v) is 13.0. The lowest BCUT2D eigenvalue weighted by molar-refractivity contribution is -0.121. The second kappa shape index (κ2) is 7.22. The number of amides is 1. The Kier molecular flexibility index (Phi) is 5.33. The molecule has 1 aromatic carbocycles. The number of fused-ring (bicyclic) bond motifs is 1. The third-order valence-corrected chi connectivity index (χ3v) is 3.68. The Morgan fingerprint density at radius 1 is 1.38 bits per heavy atom. The minimum absolute atomic E-state index is 0.0997. The SMILES string of the molecule is CCC(C)NC(=O)CCNCc1nn(C)c2ccccc12. The number of carbonyl (C=O) groups excluding carboxylic acids is 1. The minimum Gasteiger partial charge on any atom is -0.354 e. The number of aryl methyl sites for hydroxylation is 1. The van der Waals surface area contributed by atoms with Gasteiger partial charge in [0.2, 0.25) is 5.91 Å². The second-order valence-electron chi connectivity index (χ2n) is 5.39. The highest BCUT2D eigenvalue weighted by Crippen LogP contribution is 2.16. The molecule has 1 aromatic heterocycles. The van der Waals surface area contributed by atoms with E-state index in [0.717, 1.165) is 23.0 Å². The van der Waals surface area contributed by atoms with Crippen molar-refractivity contribution in [3.8, 4) is 0 Å². The Bertz CT molecular complexity index is 605. The zero-order valence-electron chi connectivity index (χ0n) is 13.0. The minimum atomic E-state index is 0.0997. The van der Waals surface area contributed by atoms with Gasteiger partial charge in [-0.25, -0.2) is 0 Å². The normalized spacial score (nSPS) is 12.5. The number of nitrogens with zero attached hydrogens (tertiary/aromatic N) is 2. The maximum Gasteiger partial charge on any atom is 0.221 e. The predicted octanol–water partition coefficient (Wildman–Crippen LogP) is 1.97. The van der Waals surface area contributed by atoms with Crippen molar-refractivity contribution in [1.82, 2.24) is 20.4 Å². The first-order valence-electron chi connectivity index (χ1n) is 7.52. The molecule has 21 heavy (non-hydrogen) atoms. The lowest BCUT2D eigenvalue weighted by atomic mass is 10.2. The summed E-state index contributed by atoms with van der Waals surface area (Å²) in [6, 6.07) is 8.42. The molecule has 1 amide bonds. The van der Waals surface area contributed by atoms with E-state index >= 15 is 0 Å². The summed E-state index contributed by atoms with van der Waals surface area (Å²) >= 11 is 0. The lowest BCUT2D eigenvalue weighted by Crippen LogP contribution is -2.33. The number of aromatic nitrogens is 2. The fraction of sp³-hybridized carbons (Fsp3) is 0.500. The van der Waals surface area contributed by atoms with Gasteiger partial charge in [-0.3, -0.25) is 9.48 Å². The topological polar surface area (TPSA) is 59.0 Å². The molecule has 0 aliphatic heterocycles. The number of carbonyl (C=O) groups is 1. The summed E-state index contributed by atoms with van der Waals surface area (Å²) in [4.78, 5) is 11.7. The summed E-state index contributed by atoms with van der Waals surface area (Å²) in [5.41, 5.74) is 2.15. The first-order chi connectivity index (χ1) is 10.1. The van der Waals surface area contributed by atoms with Gasteiger partial charge in [-0.1, -0.05) is 25.1 Å². The maximum absolute atomic E-state index is 11.7. The van der Waals surface area contributed by atoms with Crippen molar-refractivity contribution in [1.29, 1.82) is 0 Å². The first-order valence-corrected chi connectivity index (χ1v) is 7.52. The Labute approximate surface area is 125 Å². The standard InChI is InChI=1S/C16H24N4O/c1-4-12(2)18-16(21)9-10-17-11-14-13-7-5-6-8-15(13)20(3)19-14/h5-8,12,17H,4,9-11H2,1-3H3,(H,18,21). The smallest absolute Gasteiger partial charge is 0.221 e. The molecular weight excluding hydrogens is 264 g/mol. The van der Waals surface area contributed by atoms with Crippen LogP contribution < -0.4 is 10.6 Å². The van der Waals surface area contributed by atoms with Crippen LogP contribution >= 0.6 is 0 Å². The summed E-state index contributed by atoms with van der Waals surface area (Å²) in [7, 11) is 1.95. The van der Waals surface area contributed by atoms with Gasteiger partial charge >= 0.3 is 0 Å². The first kappa shape index (κ1) is 15.5. The van der Waals surface area contributed by atoms with Gasteiger partial charge in [0.1, 0.15) is 0 Å². The van der Waals surface area contributed by atoms with Crippen LogP contribution in [0.5, 0.6) is 0 Å². The number of hydrogen-bond acceptors (Lipinski definition) is 3. The molecule has 2 rings (SSSR count). The number of benzene rings is 1. The third kappa shape index (κ3) is 4.04. The molecule has 0 spiro atoms. The van der Waals surface area contributed by atoms with E-state index in [-0.39, 0.29) is 11.9 Å². The van der Waals surface area contributed by atoms with E-state index in [1.54, 1.807) is 0 Å². The van der Waals surface area contributed by atoms with E-state index in [9.17, 15) is 4.79 Å². The largest absolute Gasteiger partial charge is 0.354 e. The third-order valence-electron chi connectivity index (χ3n) is 3.68. The fourth-order valence-electron chi connectivity index (χ4n) is 2.28. The van der Waals surface area contributed by atoms with Gasteiger partial charge in [0, 0.05) is 38.0 Å². The molecule has 5 nitrogen and oxygen atoms in total. The quantitative estimate of drug-likeness (QED) is 0.766. The van der Waals surface area contributed by atoms with E-state index in [1.807, 2.05) is 30.8 Å². The van der Waals surface area contributed by atoms with Crippen molar-refractivity contribution in [3.05, 3.63) is 30.0 Å². The van der Waals surface area contributed by atoms with E-state index in [0.29, 0.717) is 19.5 Å². The Balaban J connectivity index is 1.82. The summed E-state index contributed by atoms with van der Waals surface area (Å²) < 4.78 is 1.89. The predicted molar refractivity (Wildman–Crippen MR) is 84.9 cm³/mol. The van der Waals surface area contributed by atoms with Crippen LogP contribution in [0, 0.1) is 0 Å². The van der Waals surface area contributed by atoms with Crippen molar-refractivity contribution in [2.24, 2.45) is 7.05 Å². The highest BCUT2D eigenvalue weighted by molar-refractivity contribution is 5.81. The van der Waals surface area contributed by atoms with Gasteiger partial charge in [-0.05, 0) is 19.4 Å². The fourth-order valence-corrected chi connectivity index (χ4v) is 2.28. The van der Waals surface area contributed by atoms with Crippen LogP contribution in [0.2, 0.25) is 0 Å². The molecule has 0 radical (unpaired) electrons. The van der Waals surface area contributed by atoms with E-state index < -0.39 is 0 Å². The van der Waals surface area contributed by atoms with Gasteiger partial charge in [0.05, 0.1) is 11.2 Å². The van der Waals surface area contributed by atoms with Crippen LogP contribution in [0.4, 0.5) is 0 Å². The van der Waals surface area contributed by atoms with Crippen molar-refractivity contribution in [2.45, 2.75) is 39.3 Å². The molecular formula is C16H24N4O. The highest BCUT2D eigenvalue weighted by Gasteiger charge is 2.08. The van der Waals surface area contributed by atoms with Crippen molar-refractivity contribution in [3.63, 3.8) is 0 Å². The summed E-state index contributed by atoms with van der Waals surface area (Å²) in [6.07, 6.45) is 1.45. The Morgan fingerprint density at radius 2 is 2.14 bits per heavy atom. The van der Waals surface area contributed by atoms with E-state index in [4.69, 9.17) is 0 Å². The van der Waals surface area contributed by atoms with E-state index in [1.165, 1.54) is 0 Å². The van der Waals surface area contributed by atoms with Crippen LogP contribution in [0.1, 0.15) is 32.4 Å². The van der Waals surface area contributed by atoms with Gasteiger partial charge in [0.25, 0.3) is 0 Å². The molecule has 0 saturated carbocycles. The molecule has 0 bridgehead atoms. The summed E-state index contributed by atoms with van der Waals surface area (Å²) in [5, 5.41) is 11.9. The molecule has 2 aromatic rings. The average molecular weight is 288 g/mol. The van der Waals surface area contributed by atoms with E-state index in [2.05, 4.69) is 34.8 Å². The van der Waals surface area contributed by atoms with Gasteiger partial charge in [0.15, 0.2) is 0 Å². The molecule has 0 aliphatic carbocycles. The lowest BCUT2D eigenvalue weighted by Gasteiger charge is -2.11. The number of para-hydroxylation sites is 1. The second-order valence-corrected chi connectivity index (χ2v) is 5.39. The Hall–Kier alpha value is -1.88. The van der Waals surface area contributed by atoms with Crippen molar-refractivity contribution < 1.29 is 4.79 Å². The highest BCUT2D eigenvalue weighted by atomic mass is 16.1. The molecule has 114 valence electrons. The number of rotatable bonds is 7. The average Bonchev–Trinajstić information content (AvgIpc) is 2.80. The van der Waals surface area contributed by atoms with Crippen LogP contribution in [-0.4, -0.2) is 28.3 Å². The van der Waals surface area contributed by atoms with Crippen LogP contribution in [-0.2, 0) is 18.4 Å². The molecule has 0 fully saturated rings. The van der Waals surface area contributed by atoms with Gasteiger partial charge < -0.3 is 10.6 Å². The molecule has 1 heterocycles. The number of nitrogens with one attached hydrogen (secondary N) is 2. The van der Waals surface area contributed by atoms with Gasteiger partial charge in [-0.15, -0.1) is 0 Å². The maximum atomic E-state index is 11.7. The molecule has 2 N–H and O–H groups in total. The molecule has 5 heteroatoms. The van der Waals surface area contributed by atoms with Crippen LogP contribution in [0.25, 0.3) is 10.9 Å². The molecule has 1 atom stereocenters. The van der Waals surface area contributed by atoms with Crippen LogP contribution in [0.15, 0.2) is 24.3 Å². The molecule has 0 saturated heterocycles. The molecule has 0 aliphatic rings. The monoisotopic (exact) mass is 288 g/mol.